The fourth-order valence-electron chi connectivity index (χ4n) is 1.56. The highest BCUT2D eigenvalue weighted by molar-refractivity contribution is 5.75. The maximum absolute atomic E-state index is 10.5. The Morgan fingerprint density at radius 2 is 2.12 bits per heavy atom. The monoisotopic (exact) mass is 237 g/mol. The average molecular weight is 237 g/mol. The van der Waals surface area contributed by atoms with Gasteiger partial charge in [0.15, 0.2) is 17.6 Å². The van der Waals surface area contributed by atoms with Crippen LogP contribution in [0, 0.1) is 6.92 Å². The zero-order valence-electron chi connectivity index (χ0n) is 8.99. The molecular formula is C11H11NO5. The minimum absolute atomic E-state index is 0.278. The Kier molecular flexibility index (Phi) is 2.83. The zero-order chi connectivity index (χ0) is 12.6. The van der Waals surface area contributed by atoms with E-state index in [1.165, 1.54) is 12.1 Å². The van der Waals surface area contributed by atoms with Crippen molar-refractivity contribution in [2.24, 2.45) is 0 Å². The minimum atomic E-state index is -1.86. The summed E-state index contributed by atoms with van der Waals surface area (Å²) in [6.07, 6.45) is -3.35. The third kappa shape index (κ3) is 2.13. The maximum atomic E-state index is 10.5. The Balaban J connectivity index is 2.38. The summed E-state index contributed by atoms with van der Waals surface area (Å²) in [7, 11) is 0. The highest BCUT2D eigenvalue weighted by Crippen LogP contribution is 2.23. The van der Waals surface area contributed by atoms with Gasteiger partial charge in [0.05, 0.1) is 0 Å². The molecule has 2 unspecified atom stereocenters. The fraction of sp³-hybridized carbons (Fsp3) is 0.273. The molecule has 1 aromatic carbocycles. The number of fused-ring (bicyclic) bond motifs is 1. The number of carboxylic acid groups (broad SMARTS) is 1. The van der Waals surface area contributed by atoms with Crippen LogP contribution < -0.4 is 0 Å². The molecule has 17 heavy (non-hydrogen) atoms. The number of hydrogen-bond donors (Lipinski definition) is 3. The summed E-state index contributed by atoms with van der Waals surface area (Å²) in [4.78, 5) is 14.6. The van der Waals surface area contributed by atoms with Gasteiger partial charge in [-0.15, -0.1) is 0 Å². The number of aromatic nitrogens is 1. The molecule has 6 nitrogen and oxygen atoms in total. The Bertz CT molecular complexity index is 562. The van der Waals surface area contributed by atoms with Crippen molar-refractivity contribution in [3.05, 3.63) is 29.7 Å². The summed E-state index contributed by atoms with van der Waals surface area (Å²) in [6.45, 7) is 1.68. The summed E-state index contributed by atoms with van der Waals surface area (Å²) >= 11 is 0. The molecule has 6 heteroatoms. The van der Waals surface area contributed by atoms with Gasteiger partial charge in [-0.25, -0.2) is 9.78 Å². The van der Waals surface area contributed by atoms with Crippen LogP contribution in [-0.4, -0.2) is 32.4 Å². The topological polar surface area (TPSA) is 104 Å². The number of benzene rings is 1. The van der Waals surface area contributed by atoms with Crippen molar-refractivity contribution >= 4 is 17.1 Å². The van der Waals surface area contributed by atoms with E-state index in [4.69, 9.17) is 9.52 Å². The van der Waals surface area contributed by atoms with E-state index in [2.05, 4.69) is 4.98 Å². The zero-order valence-corrected chi connectivity index (χ0v) is 8.99. The summed E-state index contributed by atoms with van der Waals surface area (Å²) < 4.78 is 5.24. The molecule has 0 aliphatic rings. The molecule has 1 aromatic heterocycles. The predicted octanol–water partition coefficient (Wildman–Crippen LogP) is 0.615. The molecule has 0 saturated carbocycles. The standard InChI is InChI=1S/C11H11NO5/c1-5-12-7-4-6(2-3-8(7)17-5)9(13)10(14)11(15)16/h2-4,9-10,13-14H,1H3,(H,15,16). The van der Waals surface area contributed by atoms with Crippen molar-refractivity contribution in [3.8, 4) is 0 Å². The molecule has 0 amide bonds. The lowest BCUT2D eigenvalue weighted by molar-refractivity contribution is -0.153. The van der Waals surface area contributed by atoms with E-state index >= 15 is 0 Å². The van der Waals surface area contributed by atoms with Gasteiger partial charge in [-0.2, -0.15) is 0 Å². The minimum Gasteiger partial charge on any atom is -0.479 e. The number of oxazole rings is 1. The third-order valence-electron chi connectivity index (χ3n) is 2.41. The Labute approximate surface area is 96.1 Å². The molecule has 0 radical (unpaired) electrons. The molecule has 3 N–H and O–H groups in total. The average Bonchev–Trinajstić information content (AvgIpc) is 2.65. The van der Waals surface area contributed by atoms with Crippen molar-refractivity contribution in [1.82, 2.24) is 4.98 Å². The van der Waals surface area contributed by atoms with E-state index in [1.807, 2.05) is 0 Å². The van der Waals surface area contributed by atoms with Crippen LogP contribution in [0.15, 0.2) is 22.6 Å². The van der Waals surface area contributed by atoms with Gasteiger partial charge in [0.2, 0.25) is 0 Å². The maximum Gasteiger partial charge on any atom is 0.335 e. The second kappa shape index (κ2) is 4.15. The molecule has 0 aliphatic heterocycles. The summed E-state index contributed by atoms with van der Waals surface area (Å²) in [5.74, 6) is -1.00. The van der Waals surface area contributed by atoms with Crippen molar-refractivity contribution < 1.29 is 24.5 Å². The number of aliphatic carboxylic acids is 1. The largest absolute Gasteiger partial charge is 0.479 e. The van der Waals surface area contributed by atoms with Gasteiger partial charge in [-0.3, -0.25) is 0 Å². The number of carboxylic acids is 1. The molecule has 0 saturated heterocycles. The smallest absolute Gasteiger partial charge is 0.335 e. The molecule has 2 atom stereocenters. The molecular weight excluding hydrogens is 226 g/mol. The number of aliphatic hydroxyl groups excluding tert-OH is 2. The van der Waals surface area contributed by atoms with Gasteiger partial charge in [0.25, 0.3) is 0 Å². The molecule has 1 heterocycles. The number of carbonyl (C=O) groups is 1. The molecule has 90 valence electrons. The molecule has 0 fully saturated rings. The lowest BCUT2D eigenvalue weighted by Crippen LogP contribution is -2.27. The van der Waals surface area contributed by atoms with Crippen LogP contribution in [0.1, 0.15) is 17.6 Å². The first kappa shape index (κ1) is 11.6. The van der Waals surface area contributed by atoms with Crippen molar-refractivity contribution in [2.75, 3.05) is 0 Å². The number of rotatable bonds is 3. The summed E-state index contributed by atoms with van der Waals surface area (Å²) in [5.41, 5.74) is 1.33. The normalized spacial score (nSPS) is 14.8. The van der Waals surface area contributed by atoms with Gasteiger partial charge >= 0.3 is 5.97 Å². The number of aryl methyl sites for hydroxylation is 1. The fourth-order valence-corrected chi connectivity index (χ4v) is 1.56. The third-order valence-corrected chi connectivity index (χ3v) is 2.41. The highest BCUT2D eigenvalue weighted by Gasteiger charge is 2.25. The van der Waals surface area contributed by atoms with Crippen LogP contribution >= 0.6 is 0 Å². The summed E-state index contributed by atoms with van der Waals surface area (Å²) in [6, 6.07) is 4.55. The second-order valence-electron chi connectivity index (χ2n) is 3.69. The van der Waals surface area contributed by atoms with Gasteiger partial charge < -0.3 is 19.7 Å². The molecule has 0 aliphatic carbocycles. The predicted molar refractivity (Wildman–Crippen MR) is 57.3 cm³/mol. The second-order valence-corrected chi connectivity index (χ2v) is 3.69. The van der Waals surface area contributed by atoms with Gasteiger partial charge in [-0.1, -0.05) is 6.07 Å². The van der Waals surface area contributed by atoms with Crippen molar-refractivity contribution in [3.63, 3.8) is 0 Å². The number of nitrogens with zero attached hydrogens (tertiary/aromatic N) is 1. The van der Waals surface area contributed by atoms with E-state index < -0.39 is 18.2 Å². The van der Waals surface area contributed by atoms with Gasteiger partial charge in [-0.05, 0) is 17.7 Å². The van der Waals surface area contributed by atoms with E-state index in [0.29, 0.717) is 17.0 Å². The molecule has 0 spiro atoms. The Hall–Kier alpha value is -1.92. The SMILES string of the molecule is Cc1nc2cc(C(O)C(O)C(=O)O)ccc2o1. The molecule has 0 bridgehead atoms. The van der Waals surface area contributed by atoms with Crippen LogP contribution in [0.4, 0.5) is 0 Å². The first-order chi connectivity index (χ1) is 7.99. The van der Waals surface area contributed by atoms with E-state index in [1.54, 1.807) is 13.0 Å². The van der Waals surface area contributed by atoms with E-state index in [0.717, 1.165) is 0 Å². The van der Waals surface area contributed by atoms with Crippen LogP contribution in [-0.2, 0) is 4.79 Å². The van der Waals surface area contributed by atoms with Gasteiger partial charge in [0.1, 0.15) is 11.6 Å². The van der Waals surface area contributed by atoms with Crippen LogP contribution in [0.2, 0.25) is 0 Å². The lowest BCUT2D eigenvalue weighted by Gasteiger charge is -2.13. The van der Waals surface area contributed by atoms with Crippen molar-refractivity contribution in [2.45, 2.75) is 19.1 Å². The van der Waals surface area contributed by atoms with Crippen molar-refractivity contribution in [1.29, 1.82) is 0 Å². The Morgan fingerprint density at radius 1 is 1.41 bits per heavy atom. The highest BCUT2D eigenvalue weighted by atomic mass is 16.4. The van der Waals surface area contributed by atoms with E-state index in [-0.39, 0.29) is 5.56 Å². The van der Waals surface area contributed by atoms with Gasteiger partial charge in [0, 0.05) is 6.92 Å². The number of aliphatic hydroxyl groups is 2. The van der Waals surface area contributed by atoms with Crippen LogP contribution in [0.3, 0.4) is 0 Å². The first-order valence-corrected chi connectivity index (χ1v) is 4.95. The Morgan fingerprint density at radius 3 is 2.76 bits per heavy atom. The number of hydrogen-bond acceptors (Lipinski definition) is 5. The first-order valence-electron chi connectivity index (χ1n) is 4.95. The summed E-state index contributed by atoms with van der Waals surface area (Å²) in [5, 5.41) is 27.5. The molecule has 2 rings (SSSR count). The quantitative estimate of drug-likeness (QED) is 0.722. The lowest BCUT2D eigenvalue weighted by atomic mass is 10.0. The molecule has 2 aromatic rings. The van der Waals surface area contributed by atoms with Crippen LogP contribution in [0.5, 0.6) is 0 Å². The van der Waals surface area contributed by atoms with Crippen LogP contribution in [0.25, 0.3) is 11.1 Å². The van der Waals surface area contributed by atoms with E-state index in [9.17, 15) is 15.0 Å².